The molecule has 2 aromatic heterocycles. The third-order valence-electron chi connectivity index (χ3n) is 4.48. The predicted molar refractivity (Wildman–Crippen MR) is 95.7 cm³/mol. The molecule has 0 atom stereocenters. The molecule has 24 heavy (non-hydrogen) atoms. The van der Waals surface area contributed by atoms with Crippen molar-refractivity contribution in [3.05, 3.63) is 52.5 Å². The number of hydrogen-bond donors (Lipinski definition) is 1. The summed E-state index contributed by atoms with van der Waals surface area (Å²) in [6.07, 6.45) is 7.15. The van der Waals surface area contributed by atoms with Gasteiger partial charge in [0.2, 0.25) is 0 Å². The highest BCUT2D eigenvalue weighted by molar-refractivity contribution is 5.60. The molecule has 2 aromatic rings. The van der Waals surface area contributed by atoms with Crippen LogP contribution in [0.1, 0.15) is 54.8 Å². The monoisotopic (exact) mass is 320 g/mol. The largest absolute Gasteiger partial charge is 0.363 e. The highest BCUT2D eigenvalue weighted by Crippen LogP contribution is 2.31. The molecule has 124 valence electrons. The van der Waals surface area contributed by atoms with Crippen molar-refractivity contribution in [3.63, 3.8) is 0 Å². The third kappa shape index (κ3) is 3.56. The molecule has 2 heterocycles. The van der Waals surface area contributed by atoms with Crippen LogP contribution < -0.4 is 5.32 Å². The van der Waals surface area contributed by atoms with Gasteiger partial charge < -0.3 is 5.32 Å². The zero-order valence-corrected chi connectivity index (χ0v) is 14.5. The molecule has 0 amide bonds. The standard InChI is InChI=1S/C20H24N4/c1-14(2)11-19-17-9-4-3-8-16(17)18(12-21)20(24-19)23-13-15-7-5-6-10-22-15/h5-7,10,14H,3-4,8-9,11,13H2,1-2H3,(H,23,24). The molecule has 1 N–H and O–H groups in total. The van der Waals surface area contributed by atoms with Gasteiger partial charge in [-0.3, -0.25) is 4.98 Å². The van der Waals surface area contributed by atoms with E-state index in [9.17, 15) is 5.26 Å². The number of rotatable bonds is 5. The quantitative estimate of drug-likeness (QED) is 0.903. The number of nitrogens with one attached hydrogen (secondary N) is 1. The Morgan fingerprint density at radius 2 is 2.00 bits per heavy atom. The first-order chi connectivity index (χ1) is 11.7. The Morgan fingerprint density at radius 1 is 1.21 bits per heavy atom. The van der Waals surface area contributed by atoms with E-state index in [2.05, 4.69) is 30.2 Å². The SMILES string of the molecule is CC(C)Cc1nc(NCc2ccccn2)c(C#N)c2c1CCCC2. The van der Waals surface area contributed by atoms with E-state index in [0.717, 1.165) is 42.8 Å². The van der Waals surface area contributed by atoms with E-state index < -0.39 is 0 Å². The van der Waals surface area contributed by atoms with E-state index in [4.69, 9.17) is 4.98 Å². The molecule has 0 saturated carbocycles. The Labute approximate surface area is 144 Å². The fourth-order valence-corrected chi connectivity index (χ4v) is 3.38. The highest BCUT2D eigenvalue weighted by atomic mass is 15.0. The second-order valence-electron chi connectivity index (χ2n) is 6.83. The lowest BCUT2D eigenvalue weighted by molar-refractivity contribution is 0.611. The number of pyridine rings is 2. The van der Waals surface area contributed by atoms with E-state index in [0.29, 0.717) is 12.5 Å². The van der Waals surface area contributed by atoms with E-state index in [1.807, 2.05) is 18.2 Å². The van der Waals surface area contributed by atoms with Crippen LogP contribution in [0.3, 0.4) is 0 Å². The summed E-state index contributed by atoms with van der Waals surface area (Å²) in [7, 11) is 0. The first-order valence-corrected chi connectivity index (χ1v) is 8.77. The summed E-state index contributed by atoms with van der Waals surface area (Å²) in [6, 6.07) is 8.25. The van der Waals surface area contributed by atoms with Crippen molar-refractivity contribution in [2.45, 2.75) is 52.5 Å². The van der Waals surface area contributed by atoms with Crippen LogP contribution in [0.5, 0.6) is 0 Å². The molecule has 0 aromatic carbocycles. The van der Waals surface area contributed by atoms with Gasteiger partial charge in [0.25, 0.3) is 0 Å². The van der Waals surface area contributed by atoms with E-state index in [1.54, 1.807) is 6.20 Å². The van der Waals surface area contributed by atoms with Crippen molar-refractivity contribution >= 4 is 5.82 Å². The maximum absolute atomic E-state index is 9.70. The lowest BCUT2D eigenvalue weighted by atomic mass is 9.86. The topological polar surface area (TPSA) is 61.6 Å². The molecule has 1 aliphatic carbocycles. The lowest BCUT2D eigenvalue weighted by Gasteiger charge is -2.23. The molecule has 0 spiro atoms. The maximum atomic E-state index is 9.70. The molecular weight excluding hydrogens is 296 g/mol. The van der Waals surface area contributed by atoms with E-state index >= 15 is 0 Å². The van der Waals surface area contributed by atoms with Crippen molar-refractivity contribution in [1.29, 1.82) is 5.26 Å². The zero-order chi connectivity index (χ0) is 16.9. The molecule has 0 aliphatic heterocycles. The molecule has 0 unspecified atom stereocenters. The number of anilines is 1. The molecule has 1 aliphatic rings. The first kappa shape index (κ1) is 16.4. The summed E-state index contributed by atoms with van der Waals surface area (Å²) in [5, 5.41) is 13.0. The number of nitrogens with zero attached hydrogens (tertiary/aromatic N) is 3. The Kier molecular flexibility index (Phi) is 5.10. The third-order valence-corrected chi connectivity index (χ3v) is 4.48. The van der Waals surface area contributed by atoms with Crippen molar-refractivity contribution in [2.75, 3.05) is 5.32 Å². The van der Waals surface area contributed by atoms with Crippen LogP contribution in [0.25, 0.3) is 0 Å². The van der Waals surface area contributed by atoms with Crippen LogP contribution in [0.15, 0.2) is 24.4 Å². The Hall–Kier alpha value is -2.41. The number of nitriles is 1. The smallest absolute Gasteiger partial charge is 0.144 e. The fraction of sp³-hybridized carbons (Fsp3) is 0.450. The molecule has 0 saturated heterocycles. The normalized spacial score (nSPS) is 13.4. The van der Waals surface area contributed by atoms with Crippen LogP contribution in [-0.4, -0.2) is 9.97 Å². The van der Waals surface area contributed by atoms with Gasteiger partial charge in [-0.2, -0.15) is 5.26 Å². The second-order valence-corrected chi connectivity index (χ2v) is 6.83. The van der Waals surface area contributed by atoms with Gasteiger partial charge in [-0.25, -0.2) is 4.98 Å². The van der Waals surface area contributed by atoms with Crippen molar-refractivity contribution in [2.24, 2.45) is 5.92 Å². The van der Waals surface area contributed by atoms with Gasteiger partial charge in [-0.05, 0) is 61.3 Å². The summed E-state index contributed by atoms with van der Waals surface area (Å²) in [4.78, 5) is 9.19. The van der Waals surface area contributed by atoms with Crippen LogP contribution in [0, 0.1) is 17.2 Å². The minimum Gasteiger partial charge on any atom is -0.363 e. The second kappa shape index (κ2) is 7.44. The number of aromatic nitrogens is 2. The molecule has 4 nitrogen and oxygen atoms in total. The summed E-state index contributed by atoms with van der Waals surface area (Å²) in [5.41, 5.74) is 5.40. The van der Waals surface area contributed by atoms with Crippen molar-refractivity contribution in [1.82, 2.24) is 9.97 Å². The van der Waals surface area contributed by atoms with Gasteiger partial charge in [0.15, 0.2) is 0 Å². The van der Waals surface area contributed by atoms with Gasteiger partial charge in [0.1, 0.15) is 11.9 Å². The first-order valence-electron chi connectivity index (χ1n) is 8.77. The summed E-state index contributed by atoms with van der Waals surface area (Å²) in [5.74, 6) is 1.28. The minimum absolute atomic E-state index is 0.556. The Balaban J connectivity index is 1.96. The van der Waals surface area contributed by atoms with Crippen LogP contribution >= 0.6 is 0 Å². The summed E-state index contributed by atoms with van der Waals surface area (Å²) < 4.78 is 0. The number of fused-ring (bicyclic) bond motifs is 1. The lowest BCUT2D eigenvalue weighted by Crippen LogP contribution is -2.16. The zero-order valence-electron chi connectivity index (χ0n) is 14.5. The highest BCUT2D eigenvalue weighted by Gasteiger charge is 2.22. The average Bonchev–Trinajstić information content (AvgIpc) is 2.60. The molecule has 0 radical (unpaired) electrons. The van der Waals surface area contributed by atoms with Crippen LogP contribution in [0.4, 0.5) is 5.82 Å². The Bertz CT molecular complexity index is 744. The molecule has 3 rings (SSSR count). The fourth-order valence-electron chi connectivity index (χ4n) is 3.38. The van der Waals surface area contributed by atoms with E-state index in [1.165, 1.54) is 23.2 Å². The van der Waals surface area contributed by atoms with Gasteiger partial charge in [-0.15, -0.1) is 0 Å². The van der Waals surface area contributed by atoms with Gasteiger partial charge in [-0.1, -0.05) is 19.9 Å². The molecule has 0 bridgehead atoms. The Morgan fingerprint density at radius 3 is 2.67 bits per heavy atom. The van der Waals surface area contributed by atoms with Gasteiger partial charge in [0.05, 0.1) is 17.8 Å². The van der Waals surface area contributed by atoms with Crippen molar-refractivity contribution in [3.8, 4) is 6.07 Å². The van der Waals surface area contributed by atoms with Crippen LogP contribution in [0.2, 0.25) is 0 Å². The van der Waals surface area contributed by atoms with E-state index in [-0.39, 0.29) is 0 Å². The summed E-state index contributed by atoms with van der Waals surface area (Å²) >= 11 is 0. The molecule has 0 fully saturated rings. The minimum atomic E-state index is 0.556. The van der Waals surface area contributed by atoms with Gasteiger partial charge >= 0.3 is 0 Å². The summed E-state index contributed by atoms with van der Waals surface area (Å²) in [6.45, 7) is 5.02. The maximum Gasteiger partial charge on any atom is 0.144 e. The molecular formula is C20H24N4. The van der Waals surface area contributed by atoms with Gasteiger partial charge in [0, 0.05) is 11.9 Å². The molecule has 4 heteroatoms. The number of hydrogen-bond acceptors (Lipinski definition) is 4. The van der Waals surface area contributed by atoms with Crippen molar-refractivity contribution < 1.29 is 0 Å². The average molecular weight is 320 g/mol. The predicted octanol–water partition coefficient (Wildman–Crippen LogP) is 4.04. The van der Waals surface area contributed by atoms with Crippen LogP contribution in [-0.2, 0) is 25.8 Å².